The highest BCUT2D eigenvalue weighted by Crippen LogP contribution is 2.15. The van der Waals surface area contributed by atoms with Crippen LogP contribution in [0.4, 0.5) is 11.6 Å². The van der Waals surface area contributed by atoms with E-state index < -0.39 is 20.0 Å². The smallest absolute Gasteiger partial charge is 0.263 e. The highest BCUT2D eigenvalue weighted by molar-refractivity contribution is 7.93. The topological polar surface area (TPSA) is 118 Å². The molecule has 8 nitrogen and oxygen atoms in total. The number of sulfonamides is 2. The molecule has 0 fully saturated rings. The number of pyridine rings is 2. The molecule has 0 radical (unpaired) electrons. The van der Waals surface area contributed by atoms with Crippen molar-refractivity contribution in [2.75, 3.05) is 9.44 Å². The summed E-state index contributed by atoms with van der Waals surface area (Å²) in [6.45, 7) is 3.81. The predicted molar refractivity (Wildman–Crippen MR) is 132 cm³/mol. The van der Waals surface area contributed by atoms with Gasteiger partial charge in [-0.3, -0.25) is 9.44 Å². The Morgan fingerprint density at radius 3 is 1.18 bits per heavy atom. The standard InChI is InChI=1S/2C12H12N2O2S/c2*1-10-5-7-11(8-6-10)17(15,16)14-12-4-2-3-9-13-12/h2*2-9H,1H3,(H,13,14). The van der Waals surface area contributed by atoms with Gasteiger partial charge in [-0.25, -0.2) is 26.8 Å². The maximum Gasteiger partial charge on any atom is 0.263 e. The number of benzene rings is 2. The average Bonchev–Trinajstić information content (AvgIpc) is 2.81. The zero-order valence-corrected chi connectivity index (χ0v) is 20.2. The lowest BCUT2D eigenvalue weighted by molar-refractivity contribution is 0.599. The maximum atomic E-state index is 12.0. The van der Waals surface area contributed by atoms with Gasteiger partial charge in [-0.05, 0) is 62.4 Å². The van der Waals surface area contributed by atoms with Crippen LogP contribution in [-0.2, 0) is 20.0 Å². The Bertz CT molecular complexity index is 1300. The molecule has 176 valence electrons. The van der Waals surface area contributed by atoms with Crippen LogP contribution in [0, 0.1) is 13.8 Å². The van der Waals surface area contributed by atoms with Crippen molar-refractivity contribution in [3.63, 3.8) is 0 Å². The SMILES string of the molecule is Cc1ccc(S(=O)(=O)Nc2ccccn2)cc1.Cc1ccc(S(=O)(=O)Nc2ccccn2)cc1. The lowest BCUT2D eigenvalue weighted by atomic mass is 10.2. The Morgan fingerprint density at radius 1 is 0.529 bits per heavy atom. The minimum atomic E-state index is -3.54. The van der Waals surface area contributed by atoms with Crippen molar-refractivity contribution in [1.29, 1.82) is 0 Å². The predicted octanol–water partition coefficient (Wildman–Crippen LogP) is 4.38. The lowest BCUT2D eigenvalue weighted by Gasteiger charge is -2.06. The van der Waals surface area contributed by atoms with Gasteiger partial charge in [0, 0.05) is 12.4 Å². The van der Waals surface area contributed by atoms with Crippen LogP contribution < -0.4 is 9.44 Å². The summed E-state index contributed by atoms with van der Waals surface area (Å²) in [5.74, 6) is 0.626. The van der Waals surface area contributed by atoms with E-state index in [4.69, 9.17) is 0 Å². The Morgan fingerprint density at radius 2 is 0.882 bits per heavy atom. The van der Waals surface area contributed by atoms with Crippen LogP contribution >= 0.6 is 0 Å². The molecule has 34 heavy (non-hydrogen) atoms. The third kappa shape index (κ3) is 7.12. The first-order chi connectivity index (χ1) is 16.2. The monoisotopic (exact) mass is 496 g/mol. The minimum absolute atomic E-state index is 0.230. The van der Waals surface area contributed by atoms with E-state index in [0.29, 0.717) is 11.6 Å². The van der Waals surface area contributed by atoms with Crippen LogP contribution in [0.3, 0.4) is 0 Å². The molecule has 2 aromatic heterocycles. The van der Waals surface area contributed by atoms with Gasteiger partial charge in [0.1, 0.15) is 11.6 Å². The van der Waals surface area contributed by atoms with Gasteiger partial charge in [0.2, 0.25) is 0 Å². The molecule has 0 aliphatic heterocycles. The highest BCUT2D eigenvalue weighted by Gasteiger charge is 2.14. The zero-order chi connectivity index (χ0) is 24.6. The first-order valence-corrected chi connectivity index (χ1v) is 13.1. The van der Waals surface area contributed by atoms with Crippen molar-refractivity contribution in [3.8, 4) is 0 Å². The summed E-state index contributed by atoms with van der Waals surface area (Å²) in [6.07, 6.45) is 3.07. The Balaban J connectivity index is 0.000000191. The van der Waals surface area contributed by atoms with Gasteiger partial charge in [0.05, 0.1) is 9.79 Å². The molecular formula is C24H24N4O4S2. The third-order valence-electron chi connectivity index (χ3n) is 4.47. The molecule has 10 heteroatoms. The summed E-state index contributed by atoms with van der Waals surface area (Å²) in [4.78, 5) is 8.29. The Labute approximate surface area is 199 Å². The van der Waals surface area contributed by atoms with Crippen LogP contribution in [0.1, 0.15) is 11.1 Å². The molecule has 0 aliphatic rings. The van der Waals surface area contributed by atoms with E-state index in [0.717, 1.165) is 11.1 Å². The third-order valence-corrected chi connectivity index (χ3v) is 7.21. The van der Waals surface area contributed by atoms with Crippen molar-refractivity contribution in [2.45, 2.75) is 23.6 Å². The van der Waals surface area contributed by atoms with E-state index in [2.05, 4.69) is 19.4 Å². The molecule has 0 bridgehead atoms. The summed E-state index contributed by atoms with van der Waals surface area (Å²) in [5.41, 5.74) is 2.03. The quantitative estimate of drug-likeness (QED) is 0.409. The van der Waals surface area contributed by atoms with E-state index in [1.54, 1.807) is 84.9 Å². The van der Waals surface area contributed by atoms with Gasteiger partial charge >= 0.3 is 0 Å². The fourth-order valence-corrected chi connectivity index (χ4v) is 4.69. The number of hydrogen-bond donors (Lipinski definition) is 2. The molecule has 0 amide bonds. The number of hydrogen-bond acceptors (Lipinski definition) is 6. The molecule has 4 aromatic rings. The number of rotatable bonds is 6. The van der Waals surface area contributed by atoms with E-state index in [9.17, 15) is 16.8 Å². The normalized spacial score (nSPS) is 11.1. The Hall–Kier alpha value is -3.76. The molecule has 0 saturated heterocycles. The van der Waals surface area contributed by atoms with Crippen molar-refractivity contribution in [1.82, 2.24) is 9.97 Å². The number of aromatic nitrogens is 2. The van der Waals surface area contributed by atoms with E-state index in [1.165, 1.54) is 12.4 Å². The number of aryl methyl sites for hydroxylation is 2. The van der Waals surface area contributed by atoms with E-state index in [1.807, 2.05) is 13.8 Å². The van der Waals surface area contributed by atoms with E-state index >= 15 is 0 Å². The van der Waals surface area contributed by atoms with Crippen LogP contribution in [0.25, 0.3) is 0 Å². The molecule has 0 aliphatic carbocycles. The fraction of sp³-hybridized carbons (Fsp3) is 0.0833. The van der Waals surface area contributed by atoms with Crippen LogP contribution in [-0.4, -0.2) is 26.8 Å². The van der Waals surface area contributed by atoms with Crippen molar-refractivity contribution >= 4 is 31.7 Å². The molecule has 2 N–H and O–H groups in total. The summed E-state index contributed by atoms with van der Waals surface area (Å²) < 4.78 is 52.7. The molecule has 0 spiro atoms. The number of nitrogens with one attached hydrogen (secondary N) is 2. The van der Waals surface area contributed by atoms with Gasteiger partial charge in [-0.1, -0.05) is 47.5 Å². The van der Waals surface area contributed by atoms with Gasteiger partial charge in [0.25, 0.3) is 20.0 Å². The van der Waals surface area contributed by atoms with Gasteiger partial charge in [-0.2, -0.15) is 0 Å². The zero-order valence-electron chi connectivity index (χ0n) is 18.6. The van der Waals surface area contributed by atoms with Crippen LogP contribution in [0.15, 0.2) is 107 Å². The van der Waals surface area contributed by atoms with Crippen molar-refractivity contribution < 1.29 is 16.8 Å². The number of anilines is 2. The Kier molecular flexibility index (Phi) is 7.98. The van der Waals surface area contributed by atoms with Gasteiger partial charge in [0.15, 0.2) is 0 Å². The molecule has 4 rings (SSSR count). The molecule has 2 aromatic carbocycles. The molecule has 2 heterocycles. The molecule has 0 atom stereocenters. The second-order valence-corrected chi connectivity index (χ2v) is 10.6. The average molecular weight is 497 g/mol. The maximum absolute atomic E-state index is 12.0. The molecule has 0 saturated carbocycles. The lowest BCUT2D eigenvalue weighted by Crippen LogP contribution is -2.13. The fourth-order valence-electron chi connectivity index (χ4n) is 2.67. The van der Waals surface area contributed by atoms with Crippen LogP contribution in [0.5, 0.6) is 0 Å². The molecule has 0 unspecified atom stereocenters. The van der Waals surface area contributed by atoms with E-state index in [-0.39, 0.29) is 9.79 Å². The van der Waals surface area contributed by atoms with Crippen LogP contribution in [0.2, 0.25) is 0 Å². The summed E-state index contributed by atoms with van der Waals surface area (Å²) in [7, 11) is -7.09. The second kappa shape index (κ2) is 10.9. The second-order valence-electron chi connectivity index (χ2n) is 7.27. The van der Waals surface area contributed by atoms with Gasteiger partial charge < -0.3 is 0 Å². The minimum Gasteiger partial charge on any atom is -0.263 e. The summed E-state index contributed by atoms with van der Waals surface area (Å²) in [5, 5.41) is 0. The largest absolute Gasteiger partial charge is 0.263 e. The first-order valence-electron chi connectivity index (χ1n) is 10.2. The van der Waals surface area contributed by atoms with Gasteiger partial charge in [-0.15, -0.1) is 0 Å². The first kappa shape index (κ1) is 24.9. The highest BCUT2D eigenvalue weighted by atomic mass is 32.2. The summed E-state index contributed by atoms with van der Waals surface area (Å²) >= 11 is 0. The molecular weight excluding hydrogens is 472 g/mol. The van der Waals surface area contributed by atoms with Crippen molar-refractivity contribution in [2.24, 2.45) is 0 Å². The van der Waals surface area contributed by atoms with Crippen molar-refractivity contribution in [3.05, 3.63) is 108 Å². The summed E-state index contributed by atoms with van der Waals surface area (Å²) in [6, 6.07) is 23.4. The number of nitrogens with zero attached hydrogens (tertiary/aromatic N) is 2.